The number of anilines is 2. The van der Waals surface area contributed by atoms with Gasteiger partial charge in [-0.05, 0) is 30.3 Å². The fraction of sp³-hybridized carbons (Fsp3) is 0.0833. The molecule has 1 N–H and O–H groups in total. The van der Waals surface area contributed by atoms with Gasteiger partial charge in [0, 0.05) is 11.9 Å². The van der Waals surface area contributed by atoms with Crippen LogP contribution in [0.15, 0.2) is 36.5 Å². The van der Waals surface area contributed by atoms with E-state index in [1.807, 2.05) is 30.3 Å². The van der Waals surface area contributed by atoms with Crippen molar-refractivity contribution in [3.05, 3.63) is 42.2 Å². The summed E-state index contributed by atoms with van der Waals surface area (Å²) < 4.78 is 5.05. The van der Waals surface area contributed by atoms with E-state index < -0.39 is 0 Å². The molecule has 1 aromatic heterocycles. The Morgan fingerprint density at radius 2 is 2.00 bits per heavy atom. The Morgan fingerprint density at radius 1 is 1.24 bits per heavy atom. The molecule has 5 nitrogen and oxygen atoms in total. The Balaban J connectivity index is 2.16. The van der Waals surface area contributed by atoms with E-state index in [1.165, 1.54) is 6.20 Å². The molecule has 1 heterocycles. The number of hydrogen-bond donors (Lipinski definition) is 1. The van der Waals surface area contributed by atoms with Gasteiger partial charge in [-0.2, -0.15) is 5.26 Å². The highest BCUT2D eigenvalue weighted by atomic mass is 16.5. The fourth-order valence-corrected chi connectivity index (χ4v) is 1.28. The number of nitriles is 1. The highest BCUT2D eigenvalue weighted by Crippen LogP contribution is 2.17. The molecule has 1 aromatic carbocycles. The molecule has 0 aliphatic rings. The van der Waals surface area contributed by atoms with Gasteiger partial charge in [0.15, 0.2) is 0 Å². The monoisotopic (exact) mass is 226 g/mol. The molecule has 0 spiro atoms. The van der Waals surface area contributed by atoms with Crippen molar-refractivity contribution in [3.8, 4) is 11.8 Å². The van der Waals surface area contributed by atoms with Crippen LogP contribution in [0.2, 0.25) is 0 Å². The highest BCUT2D eigenvalue weighted by molar-refractivity contribution is 5.54. The van der Waals surface area contributed by atoms with Gasteiger partial charge in [0.05, 0.1) is 7.11 Å². The van der Waals surface area contributed by atoms with Crippen molar-refractivity contribution < 1.29 is 4.74 Å². The number of nitrogens with zero attached hydrogens (tertiary/aromatic N) is 3. The molecule has 0 saturated carbocycles. The molecule has 0 fully saturated rings. The van der Waals surface area contributed by atoms with Gasteiger partial charge in [-0.25, -0.2) is 9.97 Å². The average molecular weight is 226 g/mol. The van der Waals surface area contributed by atoms with Crippen LogP contribution in [0.4, 0.5) is 11.6 Å². The lowest BCUT2D eigenvalue weighted by Crippen LogP contribution is -1.97. The van der Waals surface area contributed by atoms with Crippen LogP contribution < -0.4 is 10.1 Å². The zero-order valence-corrected chi connectivity index (χ0v) is 9.21. The van der Waals surface area contributed by atoms with Crippen LogP contribution in [0.25, 0.3) is 0 Å². The number of benzene rings is 1. The Labute approximate surface area is 98.7 Å². The third-order valence-electron chi connectivity index (χ3n) is 2.12. The van der Waals surface area contributed by atoms with Gasteiger partial charge in [0.25, 0.3) is 0 Å². The van der Waals surface area contributed by atoms with Crippen LogP contribution in [-0.4, -0.2) is 17.1 Å². The van der Waals surface area contributed by atoms with Crippen molar-refractivity contribution in [2.75, 3.05) is 12.4 Å². The van der Waals surface area contributed by atoms with E-state index in [-0.39, 0.29) is 0 Å². The van der Waals surface area contributed by atoms with Crippen molar-refractivity contribution in [2.45, 2.75) is 0 Å². The predicted molar refractivity (Wildman–Crippen MR) is 63.0 cm³/mol. The van der Waals surface area contributed by atoms with Crippen molar-refractivity contribution in [1.29, 1.82) is 5.26 Å². The summed E-state index contributed by atoms with van der Waals surface area (Å²) in [5.74, 6) is 1.18. The molecule has 0 atom stereocenters. The van der Waals surface area contributed by atoms with E-state index in [1.54, 1.807) is 13.2 Å². The van der Waals surface area contributed by atoms with Gasteiger partial charge < -0.3 is 10.1 Å². The number of hydrogen-bond acceptors (Lipinski definition) is 5. The molecular weight excluding hydrogens is 216 g/mol. The van der Waals surface area contributed by atoms with Gasteiger partial charge >= 0.3 is 0 Å². The second-order valence-corrected chi connectivity index (χ2v) is 3.23. The molecular formula is C12H10N4O. The Hall–Kier alpha value is -2.61. The van der Waals surface area contributed by atoms with Crippen molar-refractivity contribution >= 4 is 11.6 Å². The summed E-state index contributed by atoms with van der Waals surface area (Å²) in [5, 5.41) is 11.7. The van der Waals surface area contributed by atoms with E-state index in [9.17, 15) is 0 Å². The third kappa shape index (κ3) is 2.69. The van der Waals surface area contributed by atoms with Crippen LogP contribution in [0.3, 0.4) is 0 Å². The molecule has 2 aromatic rings. The minimum Gasteiger partial charge on any atom is -0.497 e. The summed E-state index contributed by atoms with van der Waals surface area (Å²) in [4.78, 5) is 8.04. The third-order valence-corrected chi connectivity index (χ3v) is 2.12. The zero-order valence-electron chi connectivity index (χ0n) is 9.21. The zero-order chi connectivity index (χ0) is 12.1. The first-order valence-corrected chi connectivity index (χ1v) is 4.96. The van der Waals surface area contributed by atoms with Crippen LogP contribution in [0.1, 0.15) is 5.69 Å². The molecule has 0 bridgehead atoms. The maximum atomic E-state index is 8.71. The second-order valence-electron chi connectivity index (χ2n) is 3.23. The van der Waals surface area contributed by atoms with Gasteiger partial charge in [-0.3, -0.25) is 0 Å². The van der Waals surface area contributed by atoms with Crippen LogP contribution in [0, 0.1) is 11.3 Å². The molecule has 0 unspecified atom stereocenters. The lowest BCUT2D eigenvalue weighted by molar-refractivity contribution is 0.415. The minimum absolute atomic E-state index is 0.330. The van der Waals surface area contributed by atoms with Crippen LogP contribution >= 0.6 is 0 Å². The summed E-state index contributed by atoms with van der Waals surface area (Å²) in [6.45, 7) is 0. The highest BCUT2D eigenvalue weighted by Gasteiger charge is 1.99. The lowest BCUT2D eigenvalue weighted by atomic mass is 10.3. The fourth-order valence-electron chi connectivity index (χ4n) is 1.28. The quantitative estimate of drug-likeness (QED) is 0.867. The van der Waals surface area contributed by atoms with Crippen molar-refractivity contribution in [3.63, 3.8) is 0 Å². The largest absolute Gasteiger partial charge is 0.497 e. The Kier molecular flexibility index (Phi) is 3.17. The van der Waals surface area contributed by atoms with E-state index in [0.29, 0.717) is 11.6 Å². The molecule has 0 radical (unpaired) electrons. The van der Waals surface area contributed by atoms with Gasteiger partial charge in [0.2, 0.25) is 5.95 Å². The number of methoxy groups -OCH3 is 1. The smallest absolute Gasteiger partial charge is 0.228 e. The maximum Gasteiger partial charge on any atom is 0.228 e. The van der Waals surface area contributed by atoms with Crippen LogP contribution in [0.5, 0.6) is 5.75 Å². The Morgan fingerprint density at radius 3 is 2.65 bits per heavy atom. The van der Waals surface area contributed by atoms with Crippen LogP contribution in [-0.2, 0) is 0 Å². The molecule has 17 heavy (non-hydrogen) atoms. The summed E-state index contributed by atoms with van der Waals surface area (Å²) in [5.41, 5.74) is 1.16. The van der Waals surface area contributed by atoms with Gasteiger partial charge in [-0.1, -0.05) is 0 Å². The summed E-state index contributed by atoms with van der Waals surface area (Å²) >= 11 is 0. The number of nitrogens with one attached hydrogen (secondary N) is 1. The summed E-state index contributed by atoms with van der Waals surface area (Å²) in [6.07, 6.45) is 1.54. The summed E-state index contributed by atoms with van der Waals surface area (Å²) in [7, 11) is 1.61. The van der Waals surface area contributed by atoms with Crippen molar-refractivity contribution in [2.24, 2.45) is 0 Å². The first-order chi connectivity index (χ1) is 8.31. The topological polar surface area (TPSA) is 70.8 Å². The first-order valence-electron chi connectivity index (χ1n) is 4.96. The molecule has 84 valence electrons. The molecule has 5 heteroatoms. The van der Waals surface area contributed by atoms with E-state index >= 15 is 0 Å². The van der Waals surface area contributed by atoms with E-state index in [2.05, 4.69) is 15.3 Å². The van der Waals surface area contributed by atoms with Gasteiger partial charge in [-0.15, -0.1) is 0 Å². The number of aromatic nitrogens is 2. The van der Waals surface area contributed by atoms with Gasteiger partial charge in [0.1, 0.15) is 17.5 Å². The first kappa shape index (κ1) is 10.9. The van der Waals surface area contributed by atoms with Crippen molar-refractivity contribution in [1.82, 2.24) is 9.97 Å². The predicted octanol–water partition coefficient (Wildman–Crippen LogP) is 2.10. The lowest BCUT2D eigenvalue weighted by Gasteiger charge is -2.05. The Bertz CT molecular complexity index is 545. The normalized spacial score (nSPS) is 9.41. The molecule has 0 amide bonds. The molecule has 0 aliphatic heterocycles. The maximum absolute atomic E-state index is 8.71. The number of ether oxygens (including phenoxy) is 1. The van der Waals surface area contributed by atoms with E-state index in [4.69, 9.17) is 10.00 Å². The standard InChI is InChI=1S/C12H10N4O/c1-17-11-4-2-9(3-5-11)15-12-14-7-6-10(8-13)16-12/h2-7H,1H3,(H,14,15,16). The number of rotatable bonds is 3. The second kappa shape index (κ2) is 4.94. The molecule has 2 rings (SSSR count). The van der Waals surface area contributed by atoms with E-state index in [0.717, 1.165) is 11.4 Å². The average Bonchev–Trinajstić information content (AvgIpc) is 2.40. The minimum atomic E-state index is 0.330. The molecule has 0 saturated heterocycles. The summed E-state index contributed by atoms with van der Waals surface area (Å²) in [6, 6.07) is 10.9. The molecule has 0 aliphatic carbocycles. The SMILES string of the molecule is COc1ccc(Nc2nccc(C#N)n2)cc1.